The number of carboxylic acid groups (broad SMARTS) is 2. The van der Waals surface area contributed by atoms with Crippen LogP contribution in [0.5, 0.6) is 17.8 Å². The van der Waals surface area contributed by atoms with Crippen LogP contribution in [0.3, 0.4) is 0 Å². The lowest BCUT2D eigenvalue weighted by atomic mass is 9.77. The Morgan fingerprint density at radius 1 is 1.05 bits per heavy atom. The average Bonchev–Trinajstić information content (AvgIpc) is 3.06. The minimum Gasteiger partial charge on any atom is -0.481 e. The van der Waals surface area contributed by atoms with E-state index in [9.17, 15) is 19.8 Å². The number of carboxylic acids is 2. The molecule has 1 aromatic heterocycles. The fourth-order valence-electron chi connectivity index (χ4n) is 4.65. The maximum atomic E-state index is 13.0. The van der Waals surface area contributed by atoms with Crippen LogP contribution in [-0.4, -0.2) is 59.0 Å². The number of carbonyl (C=O) groups is 2. The van der Waals surface area contributed by atoms with Crippen LogP contribution in [0, 0.1) is 0 Å². The largest absolute Gasteiger partial charge is 0.481 e. The number of benzene rings is 2. The number of nitrogens with one attached hydrogen (secondary N) is 1. The van der Waals surface area contributed by atoms with E-state index in [0.29, 0.717) is 22.5 Å². The Morgan fingerprint density at radius 2 is 1.67 bits per heavy atom. The minimum atomic E-state index is -1.63. The molecule has 2 heterocycles. The molecule has 0 amide bonds. The second-order valence-electron chi connectivity index (χ2n) is 8.65. The number of para-hydroxylation sites is 1. The van der Waals surface area contributed by atoms with Crippen LogP contribution in [0.25, 0.3) is 0 Å². The van der Waals surface area contributed by atoms with E-state index in [-0.39, 0.29) is 36.4 Å². The van der Waals surface area contributed by atoms with Gasteiger partial charge in [-0.15, -0.1) is 0 Å². The molecular formula is C28H28N4O7. The standard InChI is InChI=1S/C28H28N4O7/c1-17(14-24(33)34)32-18(2)16-29-28(19-10-6-5-7-11-19,20-12-8-9-13-21(20)32)25(26(35)36)39-27-30-22(37-3)15-23(31-27)38-4/h5-13,15,25,29H,1-2,14,16H2,3-4H3,(H,33,34)(H,35,36). The number of anilines is 1. The van der Waals surface area contributed by atoms with E-state index < -0.39 is 23.6 Å². The molecule has 1 aliphatic heterocycles. The molecule has 0 spiro atoms. The first kappa shape index (κ1) is 27.1. The number of aliphatic carboxylic acids is 2. The van der Waals surface area contributed by atoms with Gasteiger partial charge in [-0.2, -0.15) is 9.97 Å². The van der Waals surface area contributed by atoms with Gasteiger partial charge in [0.05, 0.1) is 32.4 Å². The highest BCUT2D eigenvalue weighted by molar-refractivity contribution is 5.80. The molecule has 3 aromatic rings. The van der Waals surface area contributed by atoms with Crippen LogP contribution in [0.15, 0.2) is 85.2 Å². The molecule has 0 radical (unpaired) electrons. The van der Waals surface area contributed by atoms with Gasteiger partial charge in [-0.25, -0.2) is 4.79 Å². The summed E-state index contributed by atoms with van der Waals surface area (Å²) in [6.07, 6.45) is -1.97. The number of fused-ring (bicyclic) bond motifs is 1. The van der Waals surface area contributed by atoms with Crippen molar-refractivity contribution in [3.8, 4) is 17.8 Å². The topological polar surface area (TPSA) is 143 Å². The van der Waals surface area contributed by atoms with Gasteiger partial charge in [0.25, 0.3) is 0 Å². The SMILES string of the molecule is C=C1CNC(c2ccccc2)(C(Oc2nc(OC)cc(OC)n2)C(=O)O)c2ccccc2N1C(=C)CC(=O)O. The Bertz CT molecular complexity index is 1390. The monoisotopic (exact) mass is 532 g/mol. The molecule has 0 aliphatic carbocycles. The minimum absolute atomic E-state index is 0.0671. The Hall–Kier alpha value is -4.90. The quantitative estimate of drug-likeness (QED) is 0.354. The maximum absolute atomic E-state index is 13.0. The first-order chi connectivity index (χ1) is 18.7. The molecule has 11 nitrogen and oxygen atoms in total. The van der Waals surface area contributed by atoms with Gasteiger partial charge >= 0.3 is 17.9 Å². The Kier molecular flexibility index (Phi) is 7.82. The zero-order valence-electron chi connectivity index (χ0n) is 21.5. The zero-order valence-corrected chi connectivity index (χ0v) is 21.5. The third-order valence-corrected chi connectivity index (χ3v) is 6.28. The first-order valence-electron chi connectivity index (χ1n) is 11.8. The average molecular weight is 533 g/mol. The summed E-state index contributed by atoms with van der Waals surface area (Å²) in [5.41, 5.74) is 0.766. The Morgan fingerprint density at radius 3 is 2.26 bits per heavy atom. The highest BCUT2D eigenvalue weighted by Gasteiger charge is 2.51. The molecule has 2 atom stereocenters. The maximum Gasteiger partial charge on any atom is 0.347 e. The molecule has 202 valence electrons. The molecule has 4 rings (SSSR count). The molecule has 1 aliphatic rings. The third-order valence-electron chi connectivity index (χ3n) is 6.28. The van der Waals surface area contributed by atoms with Crippen molar-refractivity contribution in [2.75, 3.05) is 25.7 Å². The van der Waals surface area contributed by atoms with Crippen LogP contribution in [-0.2, 0) is 15.1 Å². The number of aromatic nitrogens is 2. The molecular weight excluding hydrogens is 504 g/mol. The van der Waals surface area contributed by atoms with Gasteiger partial charge in [-0.1, -0.05) is 61.7 Å². The first-order valence-corrected chi connectivity index (χ1v) is 11.8. The summed E-state index contributed by atoms with van der Waals surface area (Å²) in [5.74, 6) is -2.13. The Labute approximate surface area is 225 Å². The van der Waals surface area contributed by atoms with Gasteiger partial charge in [-0.05, 0) is 11.6 Å². The highest BCUT2D eigenvalue weighted by Crippen LogP contribution is 2.44. The van der Waals surface area contributed by atoms with Crippen molar-refractivity contribution in [1.29, 1.82) is 0 Å². The van der Waals surface area contributed by atoms with Crippen molar-refractivity contribution >= 4 is 17.6 Å². The van der Waals surface area contributed by atoms with E-state index in [4.69, 9.17) is 14.2 Å². The van der Waals surface area contributed by atoms with Crippen LogP contribution < -0.4 is 24.4 Å². The summed E-state index contributed by atoms with van der Waals surface area (Å²) < 4.78 is 16.5. The molecule has 11 heteroatoms. The van der Waals surface area contributed by atoms with Crippen molar-refractivity contribution in [3.63, 3.8) is 0 Å². The molecule has 0 saturated carbocycles. The molecule has 2 unspecified atom stereocenters. The number of methoxy groups -OCH3 is 2. The second kappa shape index (κ2) is 11.2. The number of hydrogen-bond acceptors (Lipinski definition) is 9. The van der Waals surface area contributed by atoms with Gasteiger partial charge < -0.3 is 29.3 Å². The van der Waals surface area contributed by atoms with Crippen LogP contribution in [0.1, 0.15) is 17.5 Å². The van der Waals surface area contributed by atoms with Crippen molar-refractivity contribution in [1.82, 2.24) is 15.3 Å². The van der Waals surface area contributed by atoms with Crippen molar-refractivity contribution in [2.24, 2.45) is 0 Å². The third kappa shape index (κ3) is 5.25. The predicted octanol–water partition coefficient (Wildman–Crippen LogP) is 3.18. The molecule has 39 heavy (non-hydrogen) atoms. The van der Waals surface area contributed by atoms with E-state index in [1.165, 1.54) is 20.3 Å². The number of ether oxygens (including phenoxy) is 3. The van der Waals surface area contributed by atoms with Crippen LogP contribution in [0.2, 0.25) is 0 Å². The van der Waals surface area contributed by atoms with Crippen LogP contribution in [0.4, 0.5) is 5.69 Å². The molecule has 3 N–H and O–H groups in total. The van der Waals surface area contributed by atoms with Crippen LogP contribution >= 0.6 is 0 Å². The van der Waals surface area contributed by atoms with E-state index in [2.05, 4.69) is 28.4 Å². The number of nitrogens with zero attached hydrogens (tertiary/aromatic N) is 3. The summed E-state index contributed by atoms with van der Waals surface area (Å²) in [6, 6.07) is 17.1. The smallest absolute Gasteiger partial charge is 0.347 e. The zero-order chi connectivity index (χ0) is 28.2. The summed E-state index contributed by atoms with van der Waals surface area (Å²) >= 11 is 0. The molecule has 0 fully saturated rings. The van der Waals surface area contributed by atoms with E-state index in [0.717, 1.165) is 0 Å². The fraction of sp³-hybridized carbons (Fsp3) is 0.214. The summed E-state index contributed by atoms with van der Waals surface area (Å²) in [7, 11) is 2.80. The van der Waals surface area contributed by atoms with Crippen molar-refractivity contribution < 1.29 is 34.0 Å². The summed E-state index contributed by atoms with van der Waals surface area (Å²) in [5, 5.41) is 23.4. The lowest BCUT2D eigenvalue weighted by Gasteiger charge is -2.39. The van der Waals surface area contributed by atoms with E-state index >= 15 is 0 Å². The van der Waals surface area contributed by atoms with Gasteiger partial charge in [0.2, 0.25) is 17.9 Å². The number of hydrogen-bond donors (Lipinski definition) is 3. The summed E-state index contributed by atoms with van der Waals surface area (Å²) in [6.45, 7) is 8.18. The van der Waals surface area contributed by atoms with Gasteiger partial charge in [0, 0.05) is 23.5 Å². The summed E-state index contributed by atoms with van der Waals surface area (Å²) in [4.78, 5) is 34.6. The number of rotatable bonds is 10. The Balaban J connectivity index is 1.98. The van der Waals surface area contributed by atoms with E-state index in [1.54, 1.807) is 53.4 Å². The molecule has 2 aromatic carbocycles. The highest BCUT2D eigenvalue weighted by atomic mass is 16.5. The van der Waals surface area contributed by atoms with Crippen molar-refractivity contribution in [2.45, 2.75) is 18.1 Å². The molecule has 0 saturated heterocycles. The fourth-order valence-corrected chi connectivity index (χ4v) is 4.65. The lowest BCUT2D eigenvalue weighted by molar-refractivity contribution is -0.149. The predicted molar refractivity (Wildman–Crippen MR) is 142 cm³/mol. The van der Waals surface area contributed by atoms with Gasteiger partial charge in [-0.3, -0.25) is 10.1 Å². The van der Waals surface area contributed by atoms with E-state index in [1.807, 2.05) is 6.07 Å². The van der Waals surface area contributed by atoms with Gasteiger partial charge in [0.15, 0.2) is 0 Å². The van der Waals surface area contributed by atoms with Gasteiger partial charge in [0.1, 0.15) is 5.54 Å². The lowest BCUT2D eigenvalue weighted by Crippen LogP contribution is -2.58. The molecule has 0 bridgehead atoms. The van der Waals surface area contributed by atoms with Crippen molar-refractivity contribution in [3.05, 3.63) is 96.3 Å². The normalized spacial score (nSPS) is 17.4. The second-order valence-corrected chi connectivity index (χ2v) is 8.65.